The van der Waals surface area contributed by atoms with Crippen molar-refractivity contribution >= 4 is 5.91 Å². The zero-order chi connectivity index (χ0) is 11.2. The van der Waals surface area contributed by atoms with Crippen molar-refractivity contribution in [3.8, 4) is 0 Å². The summed E-state index contributed by atoms with van der Waals surface area (Å²) >= 11 is 0. The number of hydrogen-bond donors (Lipinski definition) is 2. The first-order valence-electron chi connectivity index (χ1n) is 6.03. The van der Waals surface area contributed by atoms with Crippen molar-refractivity contribution in [3.63, 3.8) is 0 Å². The van der Waals surface area contributed by atoms with Crippen LogP contribution in [-0.2, 0) is 14.3 Å². The largest absolute Gasteiger partial charge is 0.381 e. The van der Waals surface area contributed by atoms with Gasteiger partial charge in [-0.25, -0.2) is 0 Å². The second kappa shape index (κ2) is 6.18. The van der Waals surface area contributed by atoms with Crippen LogP contribution in [0, 0.1) is 5.92 Å². The molecule has 92 valence electrons. The SMILES string of the molecule is O=C(NCCC1CCOC1)C1COCCN1. The van der Waals surface area contributed by atoms with Crippen LogP contribution in [0.25, 0.3) is 0 Å². The van der Waals surface area contributed by atoms with Gasteiger partial charge in [-0.05, 0) is 18.8 Å². The lowest BCUT2D eigenvalue weighted by Gasteiger charge is -2.23. The van der Waals surface area contributed by atoms with Crippen molar-refractivity contribution in [1.29, 1.82) is 0 Å². The average Bonchev–Trinajstić information content (AvgIpc) is 2.83. The van der Waals surface area contributed by atoms with E-state index in [4.69, 9.17) is 9.47 Å². The van der Waals surface area contributed by atoms with E-state index in [1.54, 1.807) is 0 Å². The molecule has 0 aromatic carbocycles. The van der Waals surface area contributed by atoms with Crippen LogP contribution in [0.15, 0.2) is 0 Å². The standard InChI is InChI=1S/C11H20N2O3/c14-11(10-8-16-6-4-12-10)13-3-1-9-2-5-15-7-9/h9-10,12H,1-8H2,(H,13,14). The molecule has 2 N–H and O–H groups in total. The van der Waals surface area contributed by atoms with Gasteiger partial charge in [0.05, 0.1) is 13.2 Å². The fourth-order valence-corrected chi connectivity index (χ4v) is 2.07. The molecule has 5 heteroatoms. The first-order valence-corrected chi connectivity index (χ1v) is 6.03. The van der Waals surface area contributed by atoms with Crippen molar-refractivity contribution in [2.45, 2.75) is 18.9 Å². The maximum Gasteiger partial charge on any atom is 0.239 e. The van der Waals surface area contributed by atoms with E-state index >= 15 is 0 Å². The Hall–Kier alpha value is -0.650. The van der Waals surface area contributed by atoms with E-state index in [9.17, 15) is 4.79 Å². The normalized spacial score (nSPS) is 30.2. The molecule has 1 amide bonds. The first-order chi connectivity index (χ1) is 7.86. The fourth-order valence-electron chi connectivity index (χ4n) is 2.07. The van der Waals surface area contributed by atoms with Crippen LogP contribution in [0.1, 0.15) is 12.8 Å². The molecule has 0 aliphatic carbocycles. The van der Waals surface area contributed by atoms with Crippen molar-refractivity contribution < 1.29 is 14.3 Å². The van der Waals surface area contributed by atoms with Crippen molar-refractivity contribution in [1.82, 2.24) is 10.6 Å². The summed E-state index contributed by atoms with van der Waals surface area (Å²) in [7, 11) is 0. The van der Waals surface area contributed by atoms with Gasteiger partial charge in [0.1, 0.15) is 6.04 Å². The molecule has 16 heavy (non-hydrogen) atoms. The summed E-state index contributed by atoms with van der Waals surface area (Å²) < 4.78 is 10.5. The Labute approximate surface area is 95.9 Å². The molecule has 2 saturated heterocycles. The van der Waals surface area contributed by atoms with E-state index in [-0.39, 0.29) is 11.9 Å². The highest BCUT2D eigenvalue weighted by Gasteiger charge is 2.21. The summed E-state index contributed by atoms with van der Waals surface area (Å²) in [5, 5.41) is 6.08. The number of ether oxygens (including phenoxy) is 2. The van der Waals surface area contributed by atoms with Gasteiger partial charge in [0, 0.05) is 26.3 Å². The Bertz CT molecular complexity index is 223. The molecule has 2 rings (SSSR count). The summed E-state index contributed by atoms with van der Waals surface area (Å²) in [6.45, 7) is 4.40. The highest BCUT2D eigenvalue weighted by Crippen LogP contribution is 2.15. The van der Waals surface area contributed by atoms with E-state index in [1.165, 1.54) is 0 Å². The van der Waals surface area contributed by atoms with Crippen LogP contribution in [0.5, 0.6) is 0 Å². The number of amides is 1. The molecule has 0 saturated carbocycles. The van der Waals surface area contributed by atoms with Crippen LogP contribution < -0.4 is 10.6 Å². The van der Waals surface area contributed by atoms with Gasteiger partial charge < -0.3 is 20.1 Å². The van der Waals surface area contributed by atoms with E-state index in [2.05, 4.69) is 10.6 Å². The van der Waals surface area contributed by atoms with E-state index in [0.717, 1.165) is 39.1 Å². The Morgan fingerprint density at radius 1 is 1.31 bits per heavy atom. The molecule has 0 bridgehead atoms. The van der Waals surface area contributed by atoms with Gasteiger partial charge in [-0.15, -0.1) is 0 Å². The molecular formula is C11H20N2O3. The molecular weight excluding hydrogens is 208 g/mol. The molecule has 2 aliphatic heterocycles. The third-order valence-corrected chi connectivity index (χ3v) is 3.11. The quantitative estimate of drug-likeness (QED) is 0.682. The zero-order valence-electron chi connectivity index (χ0n) is 9.54. The lowest BCUT2D eigenvalue weighted by atomic mass is 10.1. The van der Waals surface area contributed by atoms with Crippen molar-refractivity contribution in [2.75, 3.05) is 39.5 Å². The first kappa shape index (κ1) is 11.8. The Kier molecular flexibility index (Phi) is 4.56. The molecule has 0 spiro atoms. The maximum absolute atomic E-state index is 11.7. The second-order valence-electron chi connectivity index (χ2n) is 4.39. The van der Waals surface area contributed by atoms with Gasteiger partial charge in [-0.3, -0.25) is 4.79 Å². The van der Waals surface area contributed by atoms with Gasteiger partial charge in [0.15, 0.2) is 0 Å². The number of carbonyl (C=O) groups excluding carboxylic acids is 1. The van der Waals surface area contributed by atoms with Crippen LogP contribution in [-0.4, -0.2) is 51.5 Å². The smallest absolute Gasteiger partial charge is 0.239 e. The topological polar surface area (TPSA) is 59.6 Å². The number of rotatable bonds is 4. The highest BCUT2D eigenvalue weighted by atomic mass is 16.5. The minimum atomic E-state index is -0.173. The van der Waals surface area contributed by atoms with Gasteiger partial charge in [0.2, 0.25) is 5.91 Å². The number of nitrogens with one attached hydrogen (secondary N) is 2. The minimum absolute atomic E-state index is 0.0543. The lowest BCUT2D eigenvalue weighted by molar-refractivity contribution is -0.125. The van der Waals surface area contributed by atoms with Crippen LogP contribution in [0.2, 0.25) is 0 Å². The highest BCUT2D eigenvalue weighted by molar-refractivity contribution is 5.81. The van der Waals surface area contributed by atoms with Gasteiger partial charge in [0.25, 0.3) is 0 Å². The number of morpholine rings is 1. The molecule has 5 nitrogen and oxygen atoms in total. The van der Waals surface area contributed by atoms with Crippen LogP contribution in [0.4, 0.5) is 0 Å². The maximum atomic E-state index is 11.7. The van der Waals surface area contributed by atoms with E-state index in [1.807, 2.05) is 0 Å². The summed E-state index contributed by atoms with van der Waals surface area (Å²) in [5.74, 6) is 0.675. The molecule has 0 aromatic rings. The Morgan fingerprint density at radius 3 is 2.88 bits per heavy atom. The molecule has 0 radical (unpaired) electrons. The van der Waals surface area contributed by atoms with E-state index in [0.29, 0.717) is 19.1 Å². The zero-order valence-corrected chi connectivity index (χ0v) is 9.54. The molecule has 2 fully saturated rings. The molecule has 2 unspecified atom stereocenters. The van der Waals surface area contributed by atoms with Crippen molar-refractivity contribution in [2.24, 2.45) is 5.92 Å². The monoisotopic (exact) mass is 228 g/mol. The molecule has 0 aromatic heterocycles. The predicted molar refractivity (Wildman–Crippen MR) is 59.2 cm³/mol. The molecule has 2 atom stereocenters. The summed E-state index contributed by atoms with van der Waals surface area (Å²) in [5.41, 5.74) is 0. The van der Waals surface area contributed by atoms with Crippen LogP contribution in [0.3, 0.4) is 0 Å². The Balaban J connectivity index is 1.59. The minimum Gasteiger partial charge on any atom is -0.381 e. The van der Waals surface area contributed by atoms with Crippen molar-refractivity contribution in [3.05, 3.63) is 0 Å². The van der Waals surface area contributed by atoms with Gasteiger partial charge in [-0.2, -0.15) is 0 Å². The lowest BCUT2D eigenvalue weighted by Crippen LogP contribution is -2.51. The average molecular weight is 228 g/mol. The summed E-state index contributed by atoms with van der Waals surface area (Å²) in [4.78, 5) is 11.7. The summed E-state index contributed by atoms with van der Waals surface area (Å²) in [6.07, 6.45) is 2.14. The van der Waals surface area contributed by atoms with Gasteiger partial charge >= 0.3 is 0 Å². The number of hydrogen-bond acceptors (Lipinski definition) is 4. The Morgan fingerprint density at radius 2 is 2.19 bits per heavy atom. The molecule has 2 aliphatic rings. The van der Waals surface area contributed by atoms with Crippen LogP contribution >= 0.6 is 0 Å². The third-order valence-electron chi connectivity index (χ3n) is 3.11. The predicted octanol–water partition coefficient (Wildman–Crippen LogP) is -0.482. The summed E-state index contributed by atoms with van der Waals surface area (Å²) in [6, 6.07) is -0.173. The van der Waals surface area contributed by atoms with Gasteiger partial charge in [-0.1, -0.05) is 0 Å². The molecule has 2 heterocycles. The van der Waals surface area contributed by atoms with E-state index < -0.39 is 0 Å². The fraction of sp³-hybridized carbons (Fsp3) is 0.909. The number of carbonyl (C=O) groups is 1. The second-order valence-corrected chi connectivity index (χ2v) is 4.39. The third kappa shape index (κ3) is 3.43.